The number of rotatable bonds is 5. The maximum atomic E-state index is 4.20. The summed E-state index contributed by atoms with van der Waals surface area (Å²) < 4.78 is 0. The molecule has 3 heterocycles. The second-order valence-electron chi connectivity index (χ2n) is 4.64. The lowest BCUT2D eigenvalue weighted by atomic mass is 10.1. The summed E-state index contributed by atoms with van der Waals surface area (Å²) in [6, 6.07) is 13.2. The van der Waals surface area contributed by atoms with Crippen LogP contribution in [0.4, 0.5) is 0 Å². The van der Waals surface area contributed by atoms with Crippen LogP contribution in [0.25, 0.3) is 0 Å². The number of nitrogens with zero attached hydrogens (tertiary/aromatic N) is 1. The zero-order valence-electron chi connectivity index (χ0n) is 11.2. The molecule has 0 aliphatic carbocycles. The van der Waals surface area contributed by atoms with E-state index in [0.29, 0.717) is 0 Å². The van der Waals surface area contributed by atoms with Gasteiger partial charge in [-0.2, -0.15) is 0 Å². The van der Waals surface area contributed by atoms with Crippen LogP contribution in [0.3, 0.4) is 0 Å². The minimum absolute atomic E-state index is 0.255. The van der Waals surface area contributed by atoms with Gasteiger partial charge in [0.25, 0.3) is 0 Å². The standard InChI is InChI=1S/C16H16N2S2/c1-12(13-5-2-8-17-11-13)18-16(14-6-3-9-19-14)15-7-4-10-20-15/h2-12,16,18H,1H3. The summed E-state index contributed by atoms with van der Waals surface area (Å²) in [6.07, 6.45) is 3.74. The van der Waals surface area contributed by atoms with E-state index in [0.717, 1.165) is 0 Å². The van der Waals surface area contributed by atoms with Crippen molar-refractivity contribution in [2.45, 2.75) is 19.0 Å². The Bertz CT molecular complexity index is 584. The van der Waals surface area contributed by atoms with E-state index in [-0.39, 0.29) is 12.1 Å². The van der Waals surface area contributed by atoms with Crippen molar-refractivity contribution in [3.8, 4) is 0 Å². The summed E-state index contributed by atoms with van der Waals surface area (Å²) in [5, 5.41) is 7.98. The van der Waals surface area contributed by atoms with Crippen LogP contribution in [0.5, 0.6) is 0 Å². The Hall–Kier alpha value is -1.49. The van der Waals surface area contributed by atoms with Gasteiger partial charge in [-0.05, 0) is 41.4 Å². The first-order valence-corrected chi connectivity index (χ1v) is 8.33. The van der Waals surface area contributed by atoms with Gasteiger partial charge in [-0.25, -0.2) is 0 Å². The van der Waals surface area contributed by atoms with Gasteiger partial charge in [0.15, 0.2) is 0 Å². The number of aromatic nitrogens is 1. The van der Waals surface area contributed by atoms with Crippen LogP contribution in [-0.4, -0.2) is 4.98 Å². The minimum atomic E-state index is 0.255. The third-order valence-corrected chi connectivity index (χ3v) is 5.13. The Balaban J connectivity index is 1.84. The summed E-state index contributed by atoms with van der Waals surface area (Å²) in [7, 11) is 0. The molecule has 1 N–H and O–H groups in total. The molecule has 0 aliphatic heterocycles. The van der Waals surface area contributed by atoms with E-state index in [1.807, 2.05) is 18.5 Å². The average Bonchev–Trinajstić information content (AvgIpc) is 3.19. The van der Waals surface area contributed by atoms with E-state index in [1.165, 1.54) is 15.3 Å². The molecule has 4 heteroatoms. The molecule has 0 aromatic carbocycles. The van der Waals surface area contributed by atoms with Crippen LogP contribution in [0, 0.1) is 0 Å². The summed E-state index contributed by atoms with van der Waals surface area (Å²) in [4.78, 5) is 6.90. The van der Waals surface area contributed by atoms with Crippen molar-refractivity contribution in [3.63, 3.8) is 0 Å². The fourth-order valence-electron chi connectivity index (χ4n) is 2.19. The normalized spacial score (nSPS) is 12.7. The fraction of sp³-hybridized carbons (Fsp3) is 0.188. The van der Waals surface area contributed by atoms with Crippen LogP contribution < -0.4 is 5.32 Å². The van der Waals surface area contributed by atoms with Crippen molar-refractivity contribution in [1.29, 1.82) is 0 Å². The van der Waals surface area contributed by atoms with E-state index in [9.17, 15) is 0 Å². The van der Waals surface area contributed by atoms with Crippen molar-refractivity contribution < 1.29 is 0 Å². The molecule has 0 radical (unpaired) electrons. The number of hydrogen-bond acceptors (Lipinski definition) is 4. The number of hydrogen-bond donors (Lipinski definition) is 1. The molecule has 0 saturated heterocycles. The van der Waals surface area contributed by atoms with Gasteiger partial charge in [0.2, 0.25) is 0 Å². The van der Waals surface area contributed by atoms with E-state index in [1.54, 1.807) is 22.7 Å². The molecular formula is C16H16N2S2. The quantitative estimate of drug-likeness (QED) is 0.742. The van der Waals surface area contributed by atoms with Gasteiger partial charge in [0.1, 0.15) is 0 Å². The van der Waals surface area contributed by atoms with Crippen LogP contribution in [0.2, 0.25) is 0 Å². The molecule has 2 nitrogen and oxygen atoms in total. The molecule has 0 fully saturated rings. The van der Waals surface area contributed by atoms with Crippen LogP contribution in [-0.2, 0) is 0 Å². The first-order chi connectivity index (χ1) is 9.84. The van der Waals surface area contributed by atoms with Gasteiger partial charge in [-0.3, -0.25) is 10.3 Å². The molecule has 3 aromatic rings. The molecule has 0 spiro atoms. The van der Waals surface area contributed by atoms with Gasteiger partial charge in [0, 0.05) is 28.2 Å². The molecule has 0 aliphatic rings. The largest absolute Gasteiger partial charge is 0.298 e. The highest BCUT2D eigenvalue weighted by Crippen LogP contribution is 2.31. The molecule has 1 unspecified atom stereocenters. The van der Waals surface area contributed by atoms with Crippen molar-refractivity contribution in [2.75, 3.05) is 0 Å². The molecule has 0 bridgehead atoms. The lowest BCUT2D eigenvalue weighted by molar-refractivity contribution is 0.525. The fourth-order valence-corrected chi connectivity index (χ4v) is 3.87. The second kappa shape index (κ2) is 6.31. The Morgan fingerprint density at radius 3 is 2.20 bits per heavy atom. The number of nitrogens with one attached hydrogen (secondary N) is 1. The van der Waals surface area contributed by atoms with Crippen molar-refractivity contribution in [1.82, 2.24) is 10.3 Å². The molecular weight excluding hydrogens is 284 g/mol. The van der Waals surface area contributed by atoms with Gasteiger partial charge >= 0.3 is 0 Å². The Morgan fingerprint density at radius 2 is 1.70 bits per heavy atom. The summed E-state index contributed by atoms with van der Waals surface area (Å²) >= 11 is 3.59. The molecule has 20 heavy (non-hydrogen) atoms. The first kappa shape index (κ1) is 13.5. The van der Waals surface area contributed by atoms with E-state index in [2.05, 4.69) is 58.3 Å². The maximum Gasteiger partial charge on any atom is 0.0769 e. The minimum Gasteiger partial charge on any atom is -0.298 e. The topological polar surface area (TPSA) is 24.9 Å². The molecule has 1 atom stereocenters. The second-order valence-corrected chi connectivity index (χ2v) is 6.60. The maximum absolute atomic E-state index is 4.20. The van der Waals surface area contributed by atoms with E-state index < -0.39 is 0 Å². The van der Waals surface area contributed by atoms with Gasteiger partial charge in [-0.1, -0.05) is 18.2 Å². The van der Waals surface area contributed by atoms with Crippen LogP contribution in [0.15, 0.2) is 59.6 Å². The van der Waals surface area contributed by atoms with Crippen LogP contribution in [0.1, 0.15) is 34.3 Å². The predicted octanol–water partition coefficient (Wildman–Crippen LogP) is 4.64. The van der Waals surface area contributed by atoms with Gasteiger partial charge in [-0.15, -0.1) is 22.7 Å². The highest BCUT2D eigenvalue weighted by Gasteiger charge is 2.19. The number of pyridine rings is 1. The smallest absolute Gasteiger partial charge is 0.0769 e. The number of thiophene rings is 2. The molecule has 3 rings (SSSR count). The third-order valence-electron chi connectivity index (χ3n) is 3.26. The molecule has 0 saturated carbocycles. The van der Waals surface area contributed by atoms with E-state index >= 15 is 0 Å². The summed E-state index contributed by atoms with van der Waals surface area (Å²) in [6.45, 7) is 2.19. The highest BCUT2D eigenvalue weighted by molar-refractivity contribution is 7.11. The SMILES string of the molecule is CC(NC(c1cccs1)c1cccs1)c1cccnc1. The lowest BCUT2D eigenvalue weighted by Gasteiger charge is -2.22. The monoisotopic (exact) mass is 300 g/mol. The van der Waals surface area contributed by atoms with Crippen LogP contribution >= 0.6 is 22.7 Å². The van der Waals surface area contributed by atoms with E-state index in [4.69, 9.17) is 0 Å². The van der Waals surface area contributed by atoms with Crippen molar-refractivity contribution in [2.24, 2.45) is 0 Å². The zero-order valence-corrected chi connectivity index (χ0v) is 12.8. The Kier molecular flexibility index (Phi) is 4.25. The lowest BCUT2D eigenvalue weighted by Crippen LogP contribution is -2.24. The van der Waals surface area contributed by atoms with Crippen molar-refractivity contribution >= 4 is 22.7 Å². The highest BCUT2D eigenvalue weighted by atomic mass is 32.1. The van der Waals surface area contributed by atoms with Gasteiger partial charge < -0.3 is 0 Å². The Labute approximate surface area is 127 Å². The zero-order chi connectivity index (χ0) is 13.8. The summed E-state index contributed by atoms with van der Waals surface area (Å²) in [5.74, 6) is 0. The summed E-state index contributed by atoms with van der Waals surface area (Å²) in [5.41, 5.74) is 1.21. The average molecular weight is 300 g/mol. The third kappa shape index (κ3) is 2.98. The molecule has 3 aromatic heterocycles. The first-order valence-electron chi connectivity index (χ1n) is 6.57. The van der Waals surface area contributed by atoms with Gasteiger partial charge in [0.05, 0.1) is 6.04 Å². The molecule has 102 valence electrons. The molecule has 0 amide bonds. The Morgan fingerprint density at radius 1 is 1.00 bits per heavy atom. The van der Waals surface area contributed by atoms with Crippen molar-refractivity contribution in [3.05, 3.63) is 74.9 Å². The predicted molar refractivity (Wildman–Crippen MR) is 86.3 cm³/mol.